The van der Waals surface area contributed by atoms with Gasteiger partial charge in [0, 0.05) is 16.4 Å². The van der Waals surface area contributed by atoms with Crippen LogP contribution in [0.1, 0.15) is 5.56 Å². The lowest BCUT2D eigenvalue weighted by Crippen LogP contribution is -2.12. The lowest BCUT2D eigenvalue weighted by Gasteiger charge is -2.05. The Morgan fingerprint density at radius 1 is 1.56 bits per heavy atom. The topological polar surface area (TPSA) is 76.7 Å². The maximum absolute atomic E-state index is 11.2. The summed E-state index contributed by atoms with van der Waals surface area (Å²) in [5, 5.41) is 7.00. The van der Waals surface area contributed by atoms with Crippen LogP contribution in [-0.2, 0) is 13.5 Å². The van der Waals surface area contributed by atoms with Gasteiger partial charge in [-0.2, -0.15) is 0 Å². The zero-order valence-electron chi connectivity index (χ0n) is 9.81. The molecule has 0 aliphatic heterocycles. The first kappa shape index (κ1) is 13.4. The molecule has 96 valence electrons. The Kier molecular flexibility index (Phi) is 4.26. The number of aromatic amines is 1. The molecule has 3 N–H and O–H groups in total. The number of H-pyrrole nitrogens is 1. The second kappa shape index (κ2) is 5.73. The van der Waals surface area contributed by atoms with Crippen LogP contribution in [0, 0.1) is 0 Å². The SMILES string of the molecule is Cn1c(Sc2ccc(CCN)c(Br)c2)n[nH]c1=O. The van der Waals surface area contributed by atoms with Gasteiger partial charge in [-0.05, 0) is 42.4 Å². The molecule has 1 heterocycles. The number of nitrogens with zero attached hydrogens (tertiary/aromatic N) is 2. The second-order valence-corrected chi connectivity index (χ2v) is 5.66. The molecule has 1 aromatic heterocycles. The molecule has 0 saturated carbocycles. The minimum absolute atomic E-state index is 0.212. The average molecular weight is 329 g/mol. The molecular formula is C11H13BrN4OS. The second-order valence-electron chi connectivity index (χ2n) is 3.76. The van der Waals surface area contributed by atoms with Gasteiger partial charge in [0.25, 0.3) is 0 Å². The highest BCUT2D eigenvalue weighted by molar-refractivity contribution is 9.10. The van der Waals surface area contributed by atoms with Crippen molar-refractivity contribution in [3.05, 3.63) is 38.7 Å². The molecule has 0 amide bonds. The number of hydrogen-bond donors (Lipinski definition) is 2. The van der Waals surface area contributed by atoms with E-state index in [4.69, 9.17) is 5.73 Å². The van der Waals surface area contributed by atoms with E-state index in [0.29, 0.717) is 11.7 Å². The lowest BCUT2D eigenvalue weighted by atomic mass is 10.1. The summed E-state index contributed by atoms with van der Waals surface area (Å²) in [6.07, 6.45) is 0.840. The number of benzene rings is 1. The quantitative estimate of drug-likeness (QED) is 0.892. The molecule has 18 heavy (non-hydrogen) atoms. The Labute approximate surface area is 117 Å². The van der Waals surface area contributed by atoms with E-state index in [2.05, 4.69) is 26.1 Å². The van der Waals surface area contributed by atoms with Crippen molar-refractivity contribution in [1.82, 2.24) is 14.8 Å². The van der Waals surface area contributed by atoms with Gasteiger partial charge in [0.2, 0.25) is 0 Å². The van der Waals surface area contributed by atoms with E-state index < -0.39 is 0 Å². The smallest absolute Gasteiger partial charge is 0.330 e. The fraction of sp³-hybridized carbons (Fsp3) is 0.273. The van der Waals surface area contributed by atoms with E-state index in [9.17, 15) is 4.79 Å². The first-order valence-electron chi connectivity index (χ1n) is 5.39. The minimum Gasteiger partial charge on any atom is -0.330 e. The Morgan fingerprint density at radius 3 is 2.89 bits per heavy atom. The molecule has 2 aromatic rings. The predicted molar refractivity (Wildman–Crippen MR) is 74.9 cm³/mol. The van der Waals surface area contributed by atoms with Gasteiger partial charge in [-0.3, -0.25) is 4.57 Å². The maximum atomic E-state index is 11.2. The van der Waals surface area contributed by atoms with Gasteiger partial charge in [0.05, 0.1) is 0 Å². The van der Waals surface area contributed by atoms with E-state index in [1.165, 1.54) is 21.9 Å². The molecule has 5 nitrogen and oxygen atoms in total. The summed E-state index contributed by atoms with van der Waals surface area (Å²) in [6.45, 7) is 0.624. The van der Waals surface area contributed by atoms with Crippen molar-refractivity contribution in [1.29, 1.82) is 0 Å². The van der Waals surface area contributed by atoms with E-state index >= 15 is 0 Å². The Bertz CT molecular complexity index is 607. The fourth-order valence-corrected chi connectivity index (χ4v) is 3.04. The first-order valence-corrected chi connectivity index (χ1v) is 7.00. The van der Waals surface area contributed by atoms with Crippen molar-refractivity contribution in [2.24, 2.45) is 12.8 Å². The average Bonchev–Trinajstić information content (AvgIpc) is 2.65. The molecule has 7 heteroatoms. The van der Waals surface area contributed by atoms with Crippen LogP contribution in [0.15, 0.2) is 37.5 Å². The van der Waals surface area contributed by atoms with Crippen LogP contribution < -0.4 is 11.4 Å². The molecule has 0 bridgehead atoms. The Balaban J connectivity index is 2.22. The van der Waals surface area contributed by atoms with E-state index in [-0.39, 0.29) is 5.69 Å². The molecule has 0 aliphatic carbocycles. The Hall–Kier alpha value is -1.05. The summed E-state index contributed by atoms with van der Waals surface area (Å²) in [4.78, 5) is 12.3. The summed E-state index contributed by atoms with van der Waals surface area (Å²) in [6, 6.07) is 6.04. The molecule has 0 fully saturated rings. The molecule has 0 atom stereocenters. The van der Waals surface area contributed by atoms with Crippen molar-refractivity contribution in [2.75, 3.05) is 6.54 Å². The third kappa shape index (κ3) is 2.85. The molecule has 0 unspecified atom stereocenters. The van der Waals surface area contributed by atoms with E-state index in [1.807, 2.05) is 18.2 Å². The zero-order chi connectivity index (χ0) is 13.1. The molecule has 2 rings (SSSR count). The van der Waals surface area contributed by atoms with Crippen LogP contribution in [0.5, 0.6) is 0 Å². The molecular weight excluding hydrogens is 316 g/mol. The molecule has 0 saturated heterocycles. The molecule has 0 spiro atoms. The van der Waals surface area contributed by atoms with Gasteiger partial charge in [-0.25, -0.2) is 9.89 Å². The Morgan fingerprint density at radius 2 is 2.33 bits per heavy atom. The molecule has 0 aliphatic rings. The third-order valence-electron chi connectivity index (χ3n) is 2.49. The van der Waals surface area contributed by atoms with Crippen LogP contribution in [0.2, 0.25) is 0 Å². The van der Waals surface area contributed by atoms with Gasteiger partial charge in [-0.15, -0.1) is 5.10 Å². The van der Waals surface area contributed by atoms with Crippen LogP contribution >= 0.6 is 27.7 Å². The van der Waals surface area contributed by atoms with Crippen LogP contribution in [0.3, 0.4) is 0 Å². The van der Waals surface area contributed by atoms with Gasteiger partial charge in [-0.1, -0.05) is 22.0 Å². The zero-order valence-corrected chi connectivity index (χ0v) is 12.2. The van der Waals surface area contributed by atoms with Crippen molar-refractivity contribution in [3.63, 3.8) is 0 Å². The highest BCUT2D eigenvalue weighted by Crippen LogP contribution is 2.29. The van der Waals surface area contributed by atoms with Crippen LogP contribution in [-0.4, -0.2) is 21.3 Å². The van der Waals surface area contributed by atoms with Crippen LogP contribution in [0.25, 0.3) is 0 Å². The van der Waals surface area contributed by atoms with Crippen molar-refractivity contribution < 1.29 is 0 Å². The van der Waals surface area contributed by atoms with Gasteiger partial charge in [0.15, 0.2) is 5.16 Å². The van der Waals surface area contributed by atoms with Crippen LogP contribution in [0.4, 0.5) is 0 Å². The highest BCUT2D eigenvalue weighted by atomic mass is 79.9. The minimum atomic E-state index is -0.212. The normalized spacial score (nSPS) is 10.8. The summed E-state index contributed by atoms with van der Waals surface area (Å²) < 4.78 is 2.50. The van der Waals surface area contributed by atoms with E-state index in [0.717, 1.165) is 15.8 Å². The fourth-order valence-electron chi connectivity index (χ4n) is 1.48. The number of rotatable bonds is 4. The van der Waals surface area contributed by atoms with E-state index in [1.54, 1.807) is 7.05 Å². The largest absolute Gasteiger partial charge is 0.343 e. The number of nitrogens with two attached hydrogens (primary N) is 1. The number of hydrogen-bond acceptors (Lipinski definition) is 4. The third-order valence-corrected chi connectivity index (χ3v) is 4.26. The molecule has 1 aromatic carbocycles. The van der Waals surface area contributed by atoms with Crippen molar-refractivity contribution in [2.45, 2.75) is 16.5 Å². The van der Waals surface area contributed by atoms with Gasteiger partial charge < -0.3 is 5.73 Å². The predicted octanol–water partition coefficient (Wildman–Crippen LogP) is 1.52. The van der Waals surface area contributed by atoms with Crippen molar-refractivity contribution >= 4 is 27.7 Å². The number of aromatic nitrogens is 3. The van der Waals surface area contributed by atoms with Crippen molar-refractivity contribution in [3.8, 4) is 0 Å². The summed E-state index contributed by atoms with van der Waals surface area (Å²) in [5.74, 6) is 0. The van der Waals surface area contributed by atoms with Gasteiger partial charge >= 0.3 is 5.69 Å². The standard InChI is InChI=1S/C11H13BrN4OS/c1-16-10(17)14-15-11(16)18-8-3-2-7(4-5-13)9(12)6-8/h2-3,6H,4-5,13H2,1H3,(H,14,17). The number of halogens is 1. The summed E-state index contributed by atoms with van der Waals surface area (Å²) >= 11 is 4.95. The lowest BCUT2D eigenvalue weighted by molar-refractivity contribution is 0.766. The summed E-state index contributed by atoms with van der Waals surface area (Å²) in [7, 11) is 1.69. The molecule has 0 radical (unpaired) electrons. The first-order chi connectivity index (χ1) is 8.61. The number of nitrogens with one attached hydrogen (secondary N) is 1. The highest BCUT2D eigenvalue weighted by Gasteiger charge is 2.08. The maximum Gasteiger partial charge on any atom is 0.343 e. The monoisotopic (exact) mass is 328 g/mol. The summed E-state index contributed by atoms with van der Waals surface area (Å²) in [5.41, 5.74) is 6.50. The van der Waals surface area contributed by atoms with Gasteiger partial charge in [0.1, 0.15) is 0 Å².